The summed E-state index contributed by atoms with van der Waals surface area (Å²) in [5, 5.41) is 2.62. The molecule has 0 heterocycles. The molecule has 0 spiro atoms. The molecule has 0 aromatic rings. The lowest BCUT2D eigenvalue weighted by atomic mass is 10.4. The number of urea groups is 1. The zero-order valence-electron chi connectivity index (χ0n) is 5.59. The van der Waals surface area contributed by atoms with Gasteiger partial charge in [0.25, 0.3) is 0 Å². The van der Waals surface area contributed by atoms with Gasteiger partial charge < -0.3 is 5.32 Å². The molecule has 1 saturated carbocycles. The van der Waals surface area contributed by atoms with Crippen molar-refractivity contribution in [1.82, 2.24) is 10.7 Å². The predicted octanol–water partition coefficient (Wildman–Crippen LogP) is -0.00890. The third-order valence-electron chi connectivity index (χ3n) is 1.38. The van der Waals surface area contributed by atoms with Crippen molar-refractivity contribution < 1.29 is 4.79 Å². The van der Waals surface area contributed by atoms with E-state index >= 15 is 0 Å². The van der Waals surface area contributed by atoms with Crippen LogP contribution in [0.15, 0.2) is 0 Å². The fraction of sp³-hybridized carbons (Fsp3) is 0.800. The lowest BCUT2D eigenvalue weighted by molar-refractivity contribution is 0.240. The molecule has 5 heteroatoms. The smallest absolute Gasteiger partial charge is 0.328 e. The Morgan fingerprint density at radius 1 is 1.60 bits per heavy atom. The topological polar surface area (TPSA) is 67.1 Å². The minimum absolute atomic E-state index is 0. The van der Waals surface area contributed by atoms with Gasteiger partial charge in [-0.05, 0) is 18.8 Å². The second-order valence-electron chi connectivity index (χ2n) is 2.30. The van der Waals surface area contributed by atoms with E-state index in [2.05, 4.69) is 5.32 Å². The van der Waals surface area contributed by atoms with E-state index in [4.69, 9.17) is 5.84 Å². The van der Waals surface area contributed by atoms with Crippen LogP contribution < -0.4 is 16.6 Å². The Bertz CT molecular complexity index is 115. The standard InChI is InChI=1S/C5H11N3O.ClH/c6-8-5(9)7-3-4-1-2-4;/h4H,1-3,6H2,(H2,7,8,9);1H. The number of nitrogens with one attached hydrogen (secondary N) is 2. The summed E-state index contributed by atoms with van der Waals surface area (Å²) in [6.07, 6.45) is 2.48. The first-order chi connectivity index (χ1) is 4.33. The molecule has 0 aliphatic heterocycles. The summed E-state index contributed by atoms with van der Waals surface area (Å²) >= 11 is 0. The molecular formula is C5H12ClN3O. The number of hydrogen-bond acceptors (Lipinski definition) is 2. The van der Waals surface area contributed by atoms with Gasteiger partial charge in [-0.25, -0.2) is 10.6 Å². The van der Waals surface area contributed by atoms with Crippen molar-refractivity contribution in [2.45, 2.75) is 12.8 Å². The van der Waals surface area contributed by atoms with Crippen LogP contribution in [0.3, 0.4) is 0 Å². The van der Waals surface area contributed by atoms with Gasteiger partial charge in [0.1, 0.15) is 0 Å². The van der Waals surface area contributed by atoms with E-state index in [-0.39, 0.29) is 18.4 Å². The van der Waals surface area contributed by atoms with E-state index in [1.807, 2.05) is 5.43 Å². The SMILES string of the molecule is Cl.NNC(=O)NCC1CC1. The Kier molecular flexibility index (Phi) is 4.14. The normalized spacial score (nSPS) is 15.3. The molecule has 1 aliphatic rings. The monoisotopic (exact) mass is 165 g/mol. The fourth-order valence-electron chi connectivity index (χ4n) is 0.610. The van der Waals surface area contributed by atoms with Crippen molar-refractivity contribution in [2.75, 3.05) is 6.54 Å². The first-order valence-corrected chi connectivity index (χ1v) is 3.07. The van der Waals surface area contributed by atoms with E-state index in [0.29, 0.717) is 5.92 Å². The summed E-state index contributed by atoms with van der Waals surface area (Å²) in [7, 11) is 0. The summed E-state index contributed by atoms with van der Waals surface area (Å²) in [5.41, 5.74) is 2.00. The maximum atomic E-state index is 10.4. The van der Waals surface area contributed by atoms with E-state index in [9.17, 15) is 4.79 Å². The Hall–Kier alpha value is -0.480. The highest BCUT2D eigenvalue weighted by atomic mass is 35.5. The molecule has 0 aromatic heterocycles. The van der Waals surface area contributed by atoms with Crippen LogP contribution in [0.25, 0.3) is 0 Å². The first kappa shape index (κ1) is 9.52. The van der Waals surface area contributed by atoms with Gasteiger partial charge >= 0.3 is 6.03 Å². The van der Waals surface area contributed by atoms with Crippen LogP contribution >= 0.6 is 12.4 Å². The Balaban J connectivity index is 0.000000810. The van der Waals surface area contributed by atoms with Crippen molar-refractivity contribution in [3.8, 4) is 0 Å². The van der Waals surface area contributed by atoms with E-state index in [1.165, 1.54) is 12.8 Å². The molecule has 2 amide bonds. The largest absolute Gasteiger partial charge is 0.337 e. The number of carbonyl (C=O) groups excluding carboxylic acids is 1. The number of carbonyl (C=O) groups is 1. The quantitative estimate of drug-likeness (QED) is 0.306. The van der Waals surface area contributed by atoms with Crippen LogP contribution in [0.5, 0.6) is 0 Å². The van der Waals surface area contributed by atoms with E-state index in [0.717, 1.165) is 6.54 Å². The van der Waals surface area contributed by atoms with Gasteiger partial charge in [-0.3, -0.25) is 5.43 Å². The molecule has 0 aromatic carbocycles. The number of amides is 2. The molecule has 60 valence electrons. The first-order valence-electron chi connectivity index (χ1n) is 3.07. The number of hydrazine groups is 1. The van der Waals surface area contributed by atoms with Crippen LogP contribution in [0.1, 0.15) is 12.8 Å². The van der Waals surface area contributed by atoms with Crippen molar-refractivity contribution >= 4 is 18.4 Å². The highest BCUT2D eigenvalue weighted by Crippen LogP contribution is 2.27. The molecule has 1 fully saturated rings. The van der Waals surface area contributed by atoms with E-state index < -0.39 is 0 Å². The zero-order valence-corrected chi connectivity index (χ0v) is 6.41. The van der Waals surface area contributed by atoms with Crippen molar-refractivity contribution in [3.63, 3.8) is 0 Å². The molecule has 1 aliphatic carbocycles. The Labute approximate surface area is 65.9 Å². The van der Waals surface area contributed by atoms with Crippen molar-refractivity contribution in [2.24, 2.45) is 11.8 Å². The second kappa shape index (κ2) is 4.35. The molecule has 10 heavy (non-hydrogen) atoms. The third-order valence-corrected chi connectivity index (χ3v) is 1.38. The Morgan fingerprint density at radius 2 is 2.20 bits per heavy atom. The van der Waals surface area contributed by atoms with Crippen LogP contribution in [0.2, 0.25) is 0 Å². The molecule has 0 radical (unpaired) electrons. The van der Waals surface area contributed by atoms with Gasteiger partial charge in [-0.15, -0.1) is 12.4 Å². The van der Waals surface area contributed by atoms with Crippen LogP contribution in [0, 0.1) is 5.92 Å². The minimum atomic E-state index is -0.290. The Morgan fingerprint density at radius 3 is 2.60 bits per heavy atom. The van der Waals surface area contributed by atoms with Gasteiger partial charge in [0.05, 0.1) is 0 Å². The lowest BCUT2D eigenvalue weighted by Gasteiger charge is -2.00. The highest BCUT2D eigenvalue weighted by molar-refractivity contribution is 5.85. The maximum Gasteiger partial charge on any atom is 0.328 e. The summed E-state index contributed by atoms with van der Waals surface area (Å²) in [6.45, 7) is 0.767. The second-order valence-corrected chi connectivity index (χ2v) is 2.30. The van der Waals surface area contributed by atoms with Gasteiger partial charge in [-0.2, -0.15) is 0 Å². The molecule has 1 rings (SSSR count). The molecule has 0 unspecified atom stereocenters. The van der Waals surface area contributed by atoms with Crippen LogP contribution in [-0.4, -0.2) is 12.6 Å². The molecule has 0 atom stereocenters. The van der Waals surface area contributed by atoms with Gasteiger partial charge in [0, 0.05) is 6.54 Å². The van der Waals surface area contributed by atoms with Crippen LogP contribution in [-0.2, 0) is 0 Å². The number of nitrogens with two attached hydrogens (primary N) is 1. The lowest BCUT2D eigenvalue weighted by Crippen LogP contribution is -2.40. The summed E-state index contributed by atoms with van der Waals surface area (Å²) in [4.78, 5) is 10.4. The molecular weight excluding hydrogens is 154 g/mol. The molecule has 0 bridgehead atoms. The third kappa shape index (κ3) is 3.53. The van der Waals surface area contributed by atoms with Crippen molar-refractivity contribution in [3.05, 3.63) is 0 Å². The van der Waals surface area contributed by atoms with Crippen molar-refractivity contribution in [1.29, 1.82) is 0 Å². The number of halogens is 1. The van der Waals surface area contributed by atoms with Gasteiger partial charge in [0.2, 0.25) is 0 Å². The summed E-state index contributed by atoms with van der Waals surface area (Å²) in [6, 6.07) is -0.290. The average molecular weight is 166 g/mol. The zero-order chi connectivity index (χ0) is 6.69. The predicted molar refractivity (Wildman–Crippen MR) is 40.7 cm³/mol. The maximum absolute atomic E-state index is 10.4. The number of hydrogen-bond donors (Lipinski definition) is 3. The molecule has 4 nitrogen and oxygen atoms in total. The molecule has 4 N–H and O–H groups in total. The molecule has 0 saturated heterocycles. The van der Waals surface area contributed by atoms with Gasteiger partial charge in [-0.1, -0.05) is 0 Å². The fourth-order valence-corrected chi connectivity index (χ4v) is 0.610. The van der Waals surface area contributed by atoms with E-state index in [1.54, 1.807) is 0 Å². The number of rotatable bonds is 2. The minimum Gasteiger partial charge on any atom is -0.337 e. The van der Waals surface area contributed by atoms with Gasteiger partial charge in [0.15, 0.2) is 0 Å². The highest BCUT2D eigenvalue weighted by Gasteiger charge is 2.21. The summed E-state index contributed by atoms with van der Waals surface area (Å²) < 4.78 is 0. The van der Waals surface area contributed by atoms with Crippen LogP contribution in [0.4, 0.5) is 4.79 Å². The summed E-state index contributed by atoms with van der Waals surface area (Å²) in [5.74, 6) is 5.53. The average Bonchev–Trinajstić information content (AvgIpc) is 2.65.